The van der Waals surface area contributed by atoms with E-state index in [1.54, 1.807) is 18.2 Å². The molecule has 0 aliphatic heterocycles. The van der Waals surface area contributed by atoms with Gasteiger partial charge in [0, 0.05) is 17.8 Å². The number of para-hydroxylation sites is 4. The van der Waals surface area contributed by atoms with Gasteiger partial charge in [-0.25, -0.2) is 0 Å². The molecule has 0 radical (unpaired) electrons. The fourth-order valence-corrected chi connectivity index (χ4v) is 2.80. The first kappa shape index (κ1) is 45.0. The van der Waals surface area contributed by atoms with E-state index in [1.807, 2.05) is 30.3 Å². The zero-order chi connectivity index (χ0) is 34.8. The standard InChI is InChI=1S/C6H5N3O5.C6H7N.C6H6O3.2C6H6O2.2Na.2H/c7-4-1-3(8(11)12)2-5(6(4)10)9(13)14;7-6-4-2-1-3-5-6;7-4-2-1-3-5(8)6(4)9;7-5-2-1-3-6(8)4-5;7-5-3-1-2-4-6(5)8;;;;/h1-2,10H,7H2;1-5H,7H2;1-3,7-9H;2*1-4,7-8H;;;;. The van der Waals surface area contributed by atoms with Crippen LogP contribution >= 0.6 is 0 Å². The number of phenolic OH excluding ortho intramolecular Hbond substituents is 8. The Morgan fingerprint density at radius 2 is 0.896 bits per heavy atom. The van der Waals surface area contributed by atoms with E-state index < -0.39 is 38.4 Å². The SMILES string of the molecule is Nc1cc([N+](=O)[O-])cc([N+](=O)[O-])c1O.Nc1ccccc1.Oc1cccc(O)c1.Oc1cccc(O)c1O.Oc1ccccc1O.[NaH].[NaH]. The molecular formula is C30H32N4Na2O12. The Bertz CT molecular complexity index is 1670. The number of nitrogen functional groups attached to an aromatic ring is 2. The Kier molecular flexibility index (Phi) is 21.8. The molecule has 0 aliphatic carbocycles. The third kappa shape index (κ3) is 17.0. The Morgan fingerprint density at radius 1 is 0.479 bits per heavy atom. The number of nitrogens with zero attached hydrogens (tertiary/aromatic N) is 2. The number of non-ortho nitro benzene ring substituents is 1. The van der Waals surface area contributed by atoms with Crippen molar-refractivity contribution in [3.8, 4) is 46.0 Å². The van der Waals surface area contributed by atoms with Gasteiger partial charge >= 0.3 is 64.8 Å². The number of benzene rings is 5. The van der Waals surface area contributed by atoms with Crippen LogP contribution in [0, 0.1) is 20.2 Å². The quantitative estimate of drug-likeness (QED) is 0.0416. The van der Waals surface area contributed by atoms with Gasteiger partial charge in [-0.15, -0.1) is 0 Å². The monoisotopic (exact) mass is 686 g/mol. The average molecular weight is 687 g/mol. The summed E-state index contributed by atoms with van der Waals surface area (Å²) in [6.45, 7) is 0. The van der Waals surface area contributed by atoms with Crippen molar-refractivity contribution in [1.82, 2.24) is 0 Å². The van der Waals surface area contributed by atoms with E-state index in [1.165, 1.54) is 48.5 Å². The van der Waals surface area contributed by atoms with Gasteiger partial charge in [-0.1, -0.05) is 42.5 Å². The Hall–Kier alpha value is -5.10. The molecular weight excluding hydrogens is 654 g/mol. The first-order valence-electron chi connectivity index (χ1n) is 12.5. The van der Waals surface area contributed by atoms with Gasteiger partial charge in [-0.05, 0) is 48.5 Å². The molecule has 0 aliphatic rings. The van der Waals surface area contributed by atoms with Gasteiger partial charge in [0.15, 0.2) is 28.7 Å². The molecule has 18 heteroatoms. The summed E-state index contributed by atoms with van der Waals surface area (Å²) in [5.74, 6) is -1.84. The fourth-order valence-electron chi connectivity index (χ4n) is 2.80. The van der Waals surface area contributed by atoms with Crippen molar-refractivity contribution >= 4 is 81.9 Å². The van der Waals surface area contributed by atoms with E-state index in [0.29, 0.717) is 6.07 Å². The topological polar surface area (TPSA) is 300 Å². The molecule has 0 heterocycles. The zero-order valence-electron chi connectivity index (χ0n) is 23.7. The summed E-state index contributed by atoms with van der Waals surface area (Å²) in [6.07, 6.45) is 0. The number of nitro benzene ring substituents is 2. The molecule has 0 aromatic heterocycles. The Balaban J connectivity index is 0. The average Bonchev–Trinajstić information content (AvgIpc) is 3.00. The first-order chi connectivity index (χ1) is 21.6. The van der Waals surface area contributed by atoms with Crippen LogP contribution in [-0.4, -0.2) is 110 Å². The van der Waals surface area contributed by atoms with E-state index in [4.69, 9.17) is 52.3 Å². The van der Waals surface area contributed by atoms with E-state index in [9.17, 15) is 20.2 Å². The van der Waals surface area contributed by atoms with Crippen LogP contribution in [0.2, 0.25) is 0 Å². The van der Waals surface area contributed by atoms with Gasteiger partial charge in [0.1, 0.15) is 11.5 Å². The van der Waals surface area contributed by atoms with E-state index in [-0.39, 0.29) is 93.6 Å². The van der Waals surface area contributed by atoms with Crippen LogP contribution in [0.1, 0.15) is 0 Å². The number of hydrogen-bond acceptors (Lipinski definition) is 14. The molecule has 0 saturated carbocycles. The number of rotatable bonds is 2. The van der Waals surface area contributed by atoms with Crippen molar-refractivity contribution in [3.05, 3.63) is 129 Å². The van der Waals surface area contributed by atoms with Gasteiger partial charge < -0.3 is 52.3 Å². The fraction of sp³-hybridized carbons (Fsp3) is 0. The number of aromatic hydroxyl groups is 8. The molecule has 246 valence electrons. The maximum atomic E-state index is 10.3. The summed E-state index contributed by atoms with van der Waals surface area (Å²) < 4.78 is 0. The van der Waals surface area contributed by atoms with Crippen LogP contribution in [0.3, 0.4) is 0 Å². The summed E-state index contributed by atoms with van der Waals surface area (Å²) >= 11 is 0. The second-order valence-electron chi connectivity index (χ2n) is 8.48. The Labute approximate surface area is 317 Å². The molecule has 5 rings (SSSR count). The second-order valence-corrected chi connectivity index (χ2v) is 8.48. The summed E-state index contributed by atoms with van der Waals surface area (Å²) in [6, 6.07) is 27.0. The molecule has 5 aromatic carbocycles. The molecule has 0 fully saturated rings. The van der Waals surface area contributed by atoms with Crippen molar-refractivity contribution in [2.45, 2.75) is 0 Å². The molecule has 5 aromatic rings. The van der Waals surface area contributed by atoms with Crippen molar-refractivity contribution in [3.63, 3.8) is 0 Å². The third-order valence-electron chi connectivity index (χ3n) is 5.02. The molecule has 0 spiro atoms. The number of phenols is 8. The van der Waals surface area contributed by atoms with Crippen LogP contribution in [0.15, 0.2) is 109 Å². The predicted octanol–water partition coefficient (Wildman–Crippen LogP) is 3.76. The number of anilines is 2. The van der Waals surface area contributed by atoms with E-state index in [0.717, 1.165) is 11.8 Å². The van der Waals surface area contributed by atoms with Gasteiger partial charge in [-0.2, -0.15) is 0 Å². The van der Waals surface area contributed by atoms with Crippen molar-refractivity contribution in [2.24, 2.45) is 0 Å². The van der Waals surface area contributed by atoms with Crippen LogP contribution in [0.25, 0.3) is 0 Å². The first-order valence-corrected chi connectivity index (χ1v) is 12.5. The van der Waals surface area contributed by atoms with E-state index >= 15 is 0 Å². The number of nitrogens with two attached hydrogens (primary N) is 2. The normalized spacial score (nSPS) is 8.83. The summed E-state index contributed by atoms with van der Waals surface area (Å²) in [7, 11) is 0. The van der Waals surface area contributed by atoms with Crippen LogP contribution < -0.4 is 11.5 Å². The molecule has 16 nitrogen and oxygen atoms in total. The van der Waals surface area contributed by atoms with Crippen LogP contribution in [0.4, 0.5) is 22.7 Å². The number of nitro groups is 2. The Morgan fingerprint density at radius 3 is 1.21 bits per heavy atom. The summed E-state index contributed by atoms with van der Waals surface area (Å²) in [5, 5.41) is 90.4. The molecule has 0 atom stereocenters. The molecule has 48 heavy (non-hydrogen) atoms. The summed E-state index contributed by atoms with van der Waals surface area (Å²) in [4.78, 5) is 18.8. The van der Waals surface area contributed by atoms with Crippen molar-refractivity contribution in [2.75, 3.05) is 11.5 Å². The number of hydrogen-bond donors (Lipinski definition) is 10. The molecule has 0 saturated heterocycles. The van der Waals surface area contributed by atoms with Gasteiger partial charge in [0.05, 0.1) is 21.6 Å². The van der Waals surface area contributed by atoms with Crippen LogP contribution in [0.5, 0.6) is 46.0 Å². The van der Waals surface area contributed by atoms with Crippen molar-refractivity contribution < 1.29 is 50.7 Å². The third-order valence-corrected chi connectivity index (χ3v) is 5.02. The second kappa shape index (κ2) is 23.3. The molecule has 0 amide bonds. The van der Waals surface area contributed by atoms with Gasteiger partial charge in [0.25, 0.3) is 5.69 Å². The predicted molar refractivity (Wildman–Crippen MR) is 182 cm³/mol. The minimum absolute atomic E-state index is 0. The minimum atomic E-state index is -0.946. The summed E-state index contributed by atoms with van der Waals surface area (Å²) in [5.41, 5.74) is 9.60. The van der Waals surface area contributed by atoms with Crippen LogP contribution in [-0.2, 0) is 0 Å². The zero-order valence-corrected chi connectivity index (χ0v) is 23.7. The maximum absolute atomic E-state index is 10.3. The van der Waals surface area contributed by atoms with Gasteiger partial charge in [0.2, 0.25) is 5.75 Å². The van der Waals surface area contributed by atoms with Gasteiger partial charge in [-0.3, -0.25) is 20.2 Å². The van der Waals surface area contributed by atoms with Crippen molar-refractivity contribution in [1.29, 1.82) is 0 Å². The molecule has 0 bridgehead atoms. The van der Waals surface area contributed by atoms with E-state index in [2.05, 4.69) is 0 Å². The molecule has 0 unspecified atom stereocenters. The molecule has 12 N–H and O–H groups in total.